The standard InChI is InChI=1S/C20H16N2O3/c23-19-8-10-22(18-7-2-1-6-17(18)21-19)20(24)15-5-3-4-14(12-15)16-9-11-25-13-16/h1-7,9,11-13H,8,10H2,(H,21,23). The Morgan fingerprint density at radius 2 is 1.92 bits per heavy atom. The summed E-state index contributed by atoms with van der Waals surface area (Å²) in [7, 11) is 0. The Kier molecular flexibility index (Phi) is 3.82. The lowest BCUT2D eigenvalue weighted by Crippen LogP contribution is -2.31. The van der Waals surface area contributed by atoms with E-state index in [9.17, 15) is 9.59 Å². The number of hydrogen-bond acceptors (Lipinski definition) is 3. The molecule has 25 heavy (non-hydrogen) atoms. The highest BCUT2D eigenvalue weighted by atomic mass is 16.3. The third-order valence-corrected chi connectivity index (χ3v) is 4.24. The smallest absolute Gasteiger partial charge is 0.258 e. The molecule has 5 nitrogen and oxygen atoms in total. The molecule has 4 rings (SSSR count). The normalized spacial score (nSPS) is 13.8. The molecule has 0 unspecified atom stereocenters. The second kappa shape index (κ2) is 6.28. The van der Waals surface area contributed by atoms with Crippen molar-refractivity contribution in [2.24, 2.45) is 0 Å². The molecule has 3 aromatic rings. The molecule has 0 aliphatic carbocycles. The number of amides is 2. The van der Waals surface area contributed by atoms with Crippen molar-refractivity contribution < 1.29 is 14.0 Å². The highest BCUT2D eigenvalue weighted by Gasteiger charge is 2.24. The van der Waals surface area contributed by atoms with Gasteiger partial charge in [-0.2, -0.15) is 0 Å². The average Bonchev–Trinajstić information content (AvgIpc) is 3.12. The van der Waals surface area contributed by atoms with Crippen LogP contribution in [0, 0.1) is 0 Å². The Morgan fingerprint density at radius 3 is 2.76 bits per heavy atom. The minimum Gasteiger partial charge on any atom is -0.472 e. The van der Waals surface area contributed by atoms with Gasteiger partial charge in [0.05, 0.1) is 23.9 Å². The fourth-order valence-electron chi connectivity index (χ4n) is 2.99. The highest BCUT2D eigenvalue weighted by Crippen LogP contribution is 2.30. The van der Waals surface area contributed by atoms with Crippen LogP contribution in [0.5, 0.6) is 0 Å². The molecule has 1 aliphatic rings. The van der Waals surface area contributed by atoms with Gasteiger partial charge in [0.15, 0.2) is 0 Å². The minimum absolute atomic E-state index is 0.0881. The highest BCUT2D eigenvalue weighted by molar-refractivity contribution is 6.10. The number of rotatable bonds is 2. The maximum Gasteiger partial charge on any atom is 0.258 e. The fourth-order valence-corrected chi connectivity index (χ4v) is 2.99. The maximum atomic E-state index is 13.1. The summed E-state index contributed by atoms with van der Waals surface area (Å²) in [6.07, 6.45) is 3.52. The van der Waals surface area contributed by atoms with Gasteiger partial charge in [-0.05, 0) is 35.9 Å². The molecule has 1 aliphatic heterocycles. The quantitative estimate of drug-likeness (QED) is 0.773. The van der Waals surface area contributed by atoms with E-state index in [4.69, 9.17) is 4.42 Å². The molecule has 0 bridgehead atoms. The molecular weight excluding hydrogens is 316 g/mol. The van der Waals surface area contributed by atoms with Gasteiger partial charge in [-0.3, -0.25) is 9.59 Å². The molecule has 2 heterocycles. The van der Waals surface area contributed by atoms with E-state index < -0.39 is 0 Å². The van der Waals surface area contributed by atoms with Crippen molar-refractivity contribution in [3.8, 4) is 11.1 Å². The van der Waals surface area contributed by atoms with E-state index in [1.165, 1.54) is 0 Å². The van der Waals surface area contributed by atoms with Crippen LogP contribution in [-0.4, -0.2) is 18.4 Å². The Bertz CT molecular complexity index is 932. The molecule has 0 saturated carbocycles. The second-order valence-corrected chi connectivity index (χ2v) is 5.86. The number of nitrogens with zero attached hydrogens (tertiary/aromatic N) is 1. The first kappa shape index (κ1) is 15.2. The summed E-state index contributed by atoms with van der Waals surface area (Å²) in [6, 6.07) is 16.6. The van der Waals surface area contributed by atoms with Crippen molar-refractivity contribution in [1.82, 2.24) is 0 Å². The van der Waals surface area contributed by atoms with Crippen LogP contribution >= 0.6 is 0 Å². The van der Waals surface area contributed by atoms with Gasteiger partial charge in [0.1, 0.15) is 0 Å². The summed E-state index contributed by atoms with van der Waals surface area (Å²) in [5, 5.41) is 2.85. The average molecular weight is 332 g/mol. The molecule has 1 N–H and O–H groups in total. The predicted octanol–water partition coefficient (Wildman–Crippen LogP) is 3.94. The number of benzene rings is 2. The van der Waals surface area contributed by atoms with Gasteiger partial charge in [0.2, 0.25) is 5.91 Å². The molecule has 2 amide bonds. The summed E-state index contributed by atoms with van der Waals surface area (Å²) in [6.45, 7) is 0.345. The lowest BCUT2D eigenvalue weighted by molar-refractivity contribution is -0.115. The van der Waals surface area contributed by atoms with Crippen molar-refractivity contribution in [2.75, 3.05) is 16.8 Å². The van der Waals surface area contributed by atoms with E-state index in [2.05, 4.69) is 5.32 Å². The Morgan fingerprint density at radius 1 is 1.04 bits per heavy atom. The fraction of sp³-hybridized carbons (Fsp3) is 0.100. The van der Waals surface area contributed by atoms with Gasteiger partial charge < -0.3 is 14.6 Å². The molecule has 0 atom stereocenters. The lowest BCUT2D eigenvalue weighted by Gasteiger charge is -2.22. The van der Waals surface area contributed by atoms with Crippen molar-refractivity contribution in [3.05, 3.63) is 72.7 Å². The van der Waals surface area contributed by atoms with Crippen molar-refractivity contribution in [3.63, 3.8) is 0 Å². The number of carbonyl (C=O) groups is 2. The number of nitrogens with one attached hydrogen (secondary N) is 1. The van der Waals surface area contributed by atoms with Crippen LogP contribution in [0.25, 0.3) is 11.1 Å². The topological polar surface area (TPSA) is 62.6 Å². The number of anilines is 2. The van der Waals surface area contributed by atoms with Gasteiger partial charge >= 0.3 is 0 Å². The van der Waals surface area contributed by atoms with Crippen molar-refractivity contribution in [1.29, 1.82) is 0 Å². The van der Waals surface area contributed by atoms with Crippen LogP contribution in [0.4, 0.5) is 11.4 Å². The van der Waals surface area contributed by atoms with Crippen LogP contribution in [0.2, 0.25) is 0 Å². The van der Waals surface area contributed by atoms with E-state index in [-0.39, 0.29) is 18.2 Å². The predicted molar refractivity (Wildman–Crippen MR) is 95.5 cm³/mol. The second-order valence-electron chi connectivity index (χ2n) is 5.86. The number of carbonyl (C=O) groups excluding carboxylic acids is 2. The Balaban J connectivity index is 1.72. The van der Waals surface area contributed by atoms with Crippen LogP contribution in [0.3, 0.4) is 0 Å². The Labute approximate surface area is 144 Å². The number of para-hydroxylation sites is 2. The molecule has 1 aromatic heterocycles. The molecular formula is C20H16N2O3. The summed E-state index contributed by atoms with van der Waals surface area (Å²) in [5.74, 6) is -0.218. The number of fused-ring (bicyclic) bond motifs is 1. The van der Waals surface area contributed by atoms with E-state index >= 15 is 0 Å². The van der Waals surface area contributed by atoms with Crippen molar-refractivity contribution in [2.45, 2.75) is 6.42 Å². The first-order valence-corrected chi connectivity index (χ1v) is 8.06. The van der Waals surface area contributed by atoms with Gasteiger partial charge in [0.25, 0.3) is 5.91 Å². The van der Waals surface area contributed by atoms with Gasteiger partial charge in [0, 0.05) is 24.1 Å². The maximum absolute atomic E-state index is 13.1. The van der Waals surface area contributed by atoms with E-state index in [0.29, 0.717) is 23.5 Å². The van der Waals surface area contributed by atoms with Crippen LogP contribution in [0.1, 0.15) is 16.8 Å². The molecule has 0 fully saturated rings. The first-order valence-electron chi connectivity index (χ1n) is 8.06. The summed E-state index contributed by atoms with van der Waals surface area (Å²) < 4.78 is 5.12. The largest absolute Gasteiger partial charge is 0.472 e. The zero-order valence-electron chi connectivity index (χ0n) is 13.4. The van der Waals surface area contributed by atoms with Crippen molar-refractivity contribution >= 4 is 23.2 Å². The first-order chi connectivity index (χ1) is 12.2. The Hall–Kier alpha value is -3.34. The molecule has 2 aromatic carbocycles. The van der Waals surface area contributed by atoms with Gasteiger partial charge in [-0.25, -0.2) is 0 Å². The SMILES string of the molecule is O=C1CCN(C(=O)c2cccc(-c3ccoc3)c2)c2ccccc2N1. The number of hydrogen-bond donors (Lipinski definition) is 1. The third-order valence-electron chi connectivity index (χ3n) is 4.24. The van der Waals surface area contributed by atoms with E-state index in [1.54, 1.807) is 29.6 Å². The van der Waals surface area contributed by atoms with Crippen LogP contribution in [0.15, 0.2) is 71.5 Å². The molecule has 124 valence electrons. The zero-order valence-corrected chi connectivity index (χ0v) is 13.4. The van der Waals surface area contributed by atoms with Crippen LogP contribution in [-0.2, 0) is 4.79 Å². The zero-order chi connectivity index (χ0) is 17.2. The third kappa shape index (κ3) is 2.92. The molecule has 0 spiro atoms. The van der Waals surface area contributed by atoms with Gasteiger partial charge in [-0.1, -0.05) is 24.3 Å². The monoisotopic (exact) mass is 332 g/mol. The summed E-state index contributed by atoms with van der Waals surface area (Å²) >= 11 is 0. The molecule has 5 heteroatoms. The lowest BCUT2D eigenvalue weighted by atomic mass is 10.0. The van der Waals surface area contributed by atoms with Crippen LogP contribution < -0.4 is 10.2 Å². The minimum atomic E-state index is -0.130. The van der Waals surface area contributed by atoms with E-state index in [1.807, 2.05) is 42.5 Å². The number of furan rings is 1. The summed E-state index contributed by atoms with van der Waals surface area (Å²) in [5.41, 5.74) is 3.78. The summed E-state index contributed by atoms with van der Waals surface area (Å²) in [4.78, 5) is 26.7. The molecule has 0 saturated heterocycles. The molecule has 0 radical (unpaired) electrons. The van der Waals surface area contributed by atoms with Gasteiger partial charge in [-0.15, -0.1) is 0 Å². The van der Waals surface area contributed by atoms with E-state index in [0.717, 1.165) is 11.1 Å².